The molecule has 21 heavy (non-hydrogen) atoms. The highest BCUT2D eigenvalue weighted by Crippen LogP contribution is 2.27. The second kappa shape index (κ2) is 6.81. The van der Waals surface area contributed by atoms with E-state index >= 15 is 0 Å². The van der Waals surface area contributed by atoms with Crippen LogP contribution in [0.25, 0.3) is 0 Å². The van der Waals surface area contributed by atoms with Gasteiger partial charge in [0.15, 0.2) is 5.12 Å². The van der Waals surface area contributed by atoms with Crippen LogP contribution in [0.4, 0.5) is 0 Å². The number of nitrogens with zero attached hydrogens (tertiary/aromatic N) is 1. The second-order valence-corrected chi connectivity index (χ2v) is 8.13. The third kappa shape index (κ3) is 3.99. The van der Waals surface area contributed by atoms with E-state index in [9.17, 15) is 13.2 Å². The molecule has 7 heteroatoms. The summed E-state index contributed by atoms with van der Waals surface area (Å²) < 4.78 is 31.6. The molecule has 1 aliphatic heterocycles. The Bertz CT molecular complexity index is 598. The van der Waals surface area contributed by atoms with E-state index in [0.717, 1.165) is 6.42 Å². The van der Waals surface area contributed by atoms with Crippen molar-refractivity contribution in [2.45, 2.75) is 18.2 Å². The first-order valence-electron chi connectivity index (χ1n) is 6.71. The molecule has 0 aromatic heterocycles. The summed E-state index contributed by atoms with van der Waals surface area (Å²) in [7, 11) is -1.91. The van der Waals surface area contributed by atoms with Crippen molar-refractivity contribution >= 4 is 26.9 Å². The third-order valence-corrected chi connectivity index (χ3v) is 6.39. The average molecular weight is 329 g/mol. The molecule has 0 radical (unpaired) electrons. The Kier molecular flexibility index (Phi) is 5.29. The number of thioether (sulfide) groups is 1. The summed E-state index contributed by atoms with van der Waals surface area (Å²) >= 11 is 1.27. The summed E-state index contributed by atoms with van der Waals surface area (Å²) in [5.74, 6) is 1.56. The van der Waals surface area contributed by atoms with E-state index in [1.54, 1.807) is 31.4 Å². The molecule has 1 aromatic carbocycles. The number of benzene rings is 1. The van der Waals surface area contributed by atoms with Gasteiger partial charge in [0.2, 0.25) is 10.0 Å². The first-order valence-corrected chi connectivity index (χ1v) is 9.13. The number of hydrogen-bond acceptors (Lipinski definition) is 5. The Labute approximate surface area is 129 Å². The minimum atomic E-state index is -3.45. The van der Waals surface area contributed by atoms with Crippen LogP contribution in [0.2, 0.25) is 0 Å². The molecular weight excluding hydrogens is 310 g/mol. The van der Waals surface area contributed by atoms with Gasteiger partial charge in [0, 0.05) is 25.8 Å². The minimum Gasteiger partial charge on any atom is -0.497 e. The van der Waals surface area contributed by atoms with Gasteiger partial charge in [-0.3, -0.25) is 4.79 Å². The van der Waals surface area contributed by atoms with Gasteiger partial charge in [-0.05, 0) is 36.6 Å². The van der Waals surface area contributed by atoms with Crippen molar-refractivity contribution in [3.8, 4) is 5.75 Å². The molecule has 5 nitrogen and oxygen atoms in total. The molecule has 0 amide bonds. The molecule has 116 valence electrons. The number of carbonyl (C=O) groups excluding carboxylic acids is 1. The molecule has 1 fully saturated rings. The lowest BCUT2D eigenvalue weighted by molar-refractivity contribution is -0.109. The van der Waals surface area contributed by atoms with Crippen LogP contribution in [0.5, 0.6) is 5.75 Å². The fourth-order valence-corrected chi connectivity index (χ4v) is 4.56. The molecule has 0 aliphatic carbocycles. The fraction of sp³-hybridized carbons (Fsp3) is 0.500. The quantitative estimate of drug-likeness (QED) is 0.826. The number of rotatable bonds is 5. The molecule has 0 spiro atoms. The van der Waals surface area contributed by atoms with Crippen LogP contribution in [0.15, 0.2) is 29.2 Å². The predicted molar refractivity (Wildman–Crippen MR) is 83.0 cm³/mol. The topological polar surface area (TPSA) is 63.7 Å². The fourth-order valence-electron chi connectivity index (χ4n) is 2.28. The normalized spacial score (nSPS) is 19.6. The zero-order chi connectivity index (χ0) is 15.5. The molecule has 1 unspecified atom stereocenters. The van der Waals surface area contributed by atoms with Crippen molar-refractivity contribution in [2.24, 2.45) is 5.92 Å². The molecule has 1 aromatic rings. The lowest BCUT2D eigenvalue weighted by Gasteiger charge is -2.16. The zero-order valence-electron chi connectivity index (χ0n) is 12.1. The van der Waals surface area contributed by atoms with Crippen LogP contribution in [0, 0.1) is 5.92 Å². The molecule has 2 rings (SSSR count). The predicted octanol–water partition coefficient (Wildman–Crippen LogP) is 1.99. The lowest BCUT2D eigenvalue weighted by Crippen LogP contribution is -2.29. The van der Waals surface area contributed by atoms with E-state index in [4.69, 9.17) is 4.74 Å². The van der Waals surface area contributed by atoms with Crippen molar-refractivity contribution in [1.82, 2.24) is 4.31 Å². The van der Waals surface area contributed by atoms with Gasteiger partial charge in [0.05, 0.1) is 12.0 Å². The van der Waals surface area contributed by atoms with Gasteiger partial charge in [-0.1, -0.05) is 11.8 Å². The number of carbonyl (C=O) groups is 1. The Morgan fingerprint density at radius 1 is 1.38 bits per heavy atom. The Hall–Kier alpha value is -1.05. The smallest absolute Gasteiger partial charge is 0.243 e. The van der Waals surface area contributed by atoms with E-state index in [2.05, 4.69) is 0 Å². The highest BCUT2D eigenvalue weighted by atomic mass is 32.2. The Morgan fingerprint density at radius 3 is 2.62 bits per heavy atom. The number of sulfonamides is 1. The third-order valence-electron chi connectivity index (χ3n) is 3.47. The maximum atomic E-state index is 12.5. The van der Waals surface area contributed by atoms with Crippen LogP contribution in [0.3, 0.4) is 0 Å². The van der Waals surface area contributed by atoms with Crippen LogP contribution in [-0.4, -0.2) is 43.8 Å². The number of ether oxygens (including phenoxy) is 1. The largest absolute Gasteiger partial charge is 0.497 e. The monoisotopic (exact) mass is 329 g/mol. The van der Waals surface area contributed by atoms with Crippen molar-refractivity contribution < 1.29 is 17.9 Å². The molecule has 0 bridgehead atoms. The summed E-state index contributed by atoms with van der Waals surface area (Å²) in [6.45, 7) is 2.53. The number of methoxy groups -OCH3 is 1. The van der Waals surface area contributed by atoms with Gasteiger partial charge >= 0.3 is 0 Å². The van der Waals surface area contributed by atoms with Crippen molar-refractivity contribution in [2.75, 3.05) is 26.0 Å². The van der Waals surface area contributed by atoms with Crippen molar-refractivity contribution in [3.05, 3.63) is 24.3 Å². The van der Waals surface area contributed by atoms with Gasteiger partial charge in [0.1, 0.15) is 5.75 Å². The first kappa shape index (κ1) is 16.3. The molecule has 1 atom stereocenters. The second-order valence-electron chi connectivity index (χ2n) is 5.00. The van der Waals surface area contributed by atoms with E-state index < -0.39 is 10.0 Å². The SMILES string of the molecule is COc1ccc(S(=O)(=O)N2CCC(CSC(C)=O)C2)cc1. The van der Waals surface area contributed by atoms with E-state index in [0.29, 0.717) is 24.6 Å². The molecule has 1 saturated heterocycles. The minimum absolute atomic E-state index is 0.0754. The van der Waals surface area contributed by atoms with Crippen LogP contribution in [0.1, 0.15) is 13.3 Å². The summed E-state index contributed by atoms with van der Waals surface area (Å²) in [6.07, 6.45) is 0.801. The summed E-state index contributed by atoms with van der Waals surface area (Å²) in [6, 6.07) is 6.41. The molecule has 1 heterocycles. The Morgan fingerprint density at radius 2 is 2.05 bits per heavy atom. The molecule has 0 saturated carbocycles. The highest BCUT2D eigenvalue weighted by Gasteiger charge is 2.32. The highest BCUT2D eigenvalue weighted by molar-refractivity contribution is 8.13. The Balaban J connectivity index is 2.04. The summed E-state index contributed by atoms with van der Waals surface area (Å²) in [5, 5.41) is 0.0754. The molecule has 0 N–H and O–H groups in total. The summed E-state index contributed by atoms with van der Waals surface area (Å²) in [4.78, 5) is 11.3. The van der Waals surface area contributed by atoms with Crippen molar-refractivity contribution in [3.63, 3.8) is 0 Å². The maximum absolute atomic E-state index is 12.5. The van der Waals surface area contributed by atoms with Gasteiger partial charge in [-0.25, -0.2) is 8.42 Å². The average Bonchev–Trinajstić information content (AvgIpc) is 2.95. The number of hydrogen-bond donors (Lipinski definition) is 0. The van der Waals surface area contributed by atoms with Crippen LogP contribution in [-0.2, 0) is 14.8 Å². The van der Waals surface area contributed by atoms with Gasteiger partial charge in [0.25, 0.3) is 0 Å². The standard InChI is InChI=1S/C14H19NO4S2/c1-11(16)20-10-12-7-8-15(9-12)21(17,18)14-5-3-13(19-2)4-6-14/h3-6,12H,7-10H2,1-2H3. The zero-order valence-corrected chi connectivity index (χ0v) is 13.7. The van der Waals surface area contributed by atoms with Gasteiger partial charge in [-0.2, -0.15) is 4.31 Å². The van der Waals surface area contributed by atoms with Crippen LogP contribution >= 0.6 is 11.8 Å². The van der Waals surface area contributed by atoms with E-state index in [1.165, 1.54) is 23.0 Å². The van der Waals surface area contributed by atoms with Crippen molar-refractivity contribution in [1.29, 1.82) is 0 Å². The van der Waals surface area contributed by atoms with Crippen LogP contribution < -0.4 is 4.74 Å². The first-order chi connectivity index (χ1) is 9.93. The van der Waals surface area contributed by atoms with Gasteiger partial charge < -0.3 is 4.74 Å². The van der Waals surface area contributed by atoms with E-state index in [1.807, 2.05) is 0 Å². The lowest BCUT2D eigenvalue weighted by atomic mass is 10.2. The van der Waals surface area contributed by atoms with E-state index in [-0.39, 0.29) is 15.9 Å². The van der Waals surface area contributed by atoms with Gasteiger partial charge in [-0.15, -0.1) is 0 Å². The molecular formula is C14H19NO4S2. The molecule has 1 aliphatic rings. The summed E-state index contributed by atoms with van der Waals surface area (Å²) in [5.41, 5.74) is 0. The maximum Gasteiger partial charge on any atom is 0.243 e.